The van der Waals surface area contributed by atoms with Crippen molar-refractivity contribution in [3.05, 3.63) is 18.5 Å². The van der Waals surface area contributed by atoms with Crippen LogP contribution in [0, 0.1) is 0 Å². The summed E-state index contributed by atoms with van der Waals surface area (Å²) in [6, 6.07) is 1.72. The molecule has 1 N–H and O–H groups in total. The second-order valence-corrected chi connectivity index (χ2v) is 7.40. The van der Waals surface area contributed by atoms with Gasteiger partial charge in [0.25, 0.3) is 0 Å². The molecular formula is C17H24BN4O4. The number of carbonyl (C=O) groups excluding carboxylic acids is 1. The molecule has 1 saturated heterocycles. The van der Waals surface area contributed by atoms with Crippen LogP contribution in [0.1, 0.15) is 20.8 Å². The van der Waals surface area contributed by atoms with Gasteiger partial charge in [0.05, 0.1) is 23.6 Å². The Morgan fingerprint density at radius 1 is 1.23 bits per heavy atom. The Hall–Kier alpha value is -2.26. The van der Waals surface area contributed by atoms with Gasteiger partial charge in [0.1, 0.15) is 5.60 Å². The van der Waals surface area contributed by atoms with Gasteiger partial charge in [-0.1, -0.05) is 0 Å². The number of hydrogen-bond donors (Lipinski definition) is 1. The van der Waals surface area contributed by atoms with E-state index in [4.69, 9.17) is 14.4 Å². The topological polar surface area (TPSA) is 80.1 Å². The van der Waals surface area contributed by atoms with E-state index in [0.717, 1.165) is 37.3 Å². The summed E-state index contributed by atoms with van der Waals surface area (Å²) in [4.78, 5) is 21.5. The third kappa shape index (κ3) is 3.78. The number of aromatic nitrogens is 2. The van der Waals surface area contributed by atoms with Gasteiger partial charge in [0.2, 0.25) is 0 Å². The van der Waals surface area contributed by atoms with Gasteiger partial charge in [0.15, 0.2) is 5.88 Å². The quantitative estimate of drug-likeness (QED) is 0.832. The minimum atomic E-state index is -0.656. The minimum Gasteiger partial charge on any atom is -0.524 e. The van der Waals surface area contributed by atoms with Crippen molar-refractivity contribution >= 4 is 30.4 Å². The summed E-state index contributed by atoms with van der Waals surface area (Å²) in [5.74, 6) is 0.181. The highest BCUT2D eigenvalue weighted by Crippen LogP contribution is 2.33. The maximum absolute atomic E-state index is 12.7. The van der Waals surface area contributed by atoms with Crippen LogP contribution in [0.25, 0.3) is 10.9 Å². The van der Waals surface area contributed by atoms with E-state index in [0.29, 0.717) is 13.2 Å². The zero-order valence-electron chi connectivity index (χ0n) is 15.6. The number of piperazine rings is 1. The molecule has 1 fully saturated rings. The van der Waals surface area contributed by atoms with Gasteiger partial charge in [-0.3, -0.25) is 4.98 Å². The summed E-state index contributed by atoms with van der Waals surface area (Å²) in [6.45, 7) is 9.04. The number of likely N-dealkylation sites (N-methyl/N-ethyl adjacent to an activating group) is 1. The third-order valence-corrected chi connectivity index (χ3v) is 4.27. The summed E-state index contributed by atoms with van der Waals surface area (Å²) in [5.41, 5.74) is 0.851. The molecule has 0 atom stereocenters. The molecule has 1 aliphatic heterocycles. The van der Waals surface area contributed by atoms with E-state index in [1.807, 2.05) is 0 Å². The van der Waals surface area contributed by atoms with Gasteiger partial charge >= 0.3 is 13.8 Å². The van der Waals surface area contributed by atoms with Crippen LogP contribution in [0.5, 0.6) is 5.88 Å². The molecular weight excluding hydrogens is 335 g/mol. The first-order valence-electron chi connectivity index (χ1n) is 8.59. The Bertz CT molecular complexity index is 794. The van der Waals surface area contributed by atoms with Crippen LogP contribution >= 0.6 is 0 Å². The Morgan fingerprint density at radius 3 is 2.54 bits per heavy atom. The molecule has 1 radical (unpaired) electrons. The molecule has 0 saturated carbocycles. The number of nitrogens with zero attached hydrogens (tertiary/aromatic N) is 4. The predicted octanol–water partition coefficient (Wildman–Crippen LogP) is 1.48. The van der Waals surface area contributed by atoms with E-state index in [-0.39, 0.29) is 5.88 Å². The van der Waals surface area contributed by atoms with Gasteiger partial charge < -0.3 is 24.2 Å². The molecule has 2 aromatic heterocycles. The number of ether oxygens (including phenoxy) is 1. The molecule has 0 amide bonds. The van der Waals surface area contributed by atoms with Crippen LogP contribution in [0.4, 0.5) is 10.5 Å². The summed E-state index contributed by atoms with van der Waals surface area (Å²) in [6.07, 6.45) is 2.81. The average Bonchev–Trinajstić information content (AvgIpc) is 2.92. The molecule has 139 valence electrons. The number of rotatable bonds is 3. The first-order chi connectivity index (χ1) is 12.3. The van der Waals surface area contributed by atoms with Gasteiger partial charge in [0, 0.05) is 37.6 Å². The molecule has 1 aliphatic rings. The summed E-state index contributed by atoms with van der Waals surface area (Å²) in [5, 5.41) is 9.91. The Kier molecular flexibility index (Phi) is 5.11. The lowest BCUT2D eigenvalue weighted by molar-refractivity contribution is 0.0537. The fourth-order valence-electron chi connectivity index (χ4n) is 3.02. The number of hydrogen-bond acceptors (Lipinski definition) is 7. The van der Waals surface area contributed by atoms with Crippen molar-refractivity contribution < 1.29 is 19.2 Å². The summed E-state index contributed by atoms with van der Waals surface area (Å²) < 4.78 is 11.9. The molecule has 0 bridgehead atoms. The van der Waals surface area contributed by atoms with Crippen LogP contribution in [-0.2, 0) is 4.74 Å². The van der Waals surface area contributed by atoms with Crippen LogP contribution < -0.4 is 9.55 Å². The SMILES string of the molecule is CN1CCN(c2cncc3c2cc(O[B]O)n3C(=O)OC(C)(C)C)CC1. The van der Waals surface area contributed by atoms with E-state index >= 15 is 0 Å². The monoisotopic (exact) mass is 359 g/mol. The second-order valence-electron chi connectivity index (χ2n) is 7.40. The van der Waals surface area contributed by atoms with Crippen molar-refractivity contribution in [3.8, 4) is 5.88 Å². The van der Waals surface area contributed by atoms with Crippen LogP contribution in [0.15, 0.2) is 18.5 Å². The highest BCUT2D eigenvalue weighted by atomic mass is 16.6. The van der Waals surface area contributed by atoms with Gasteiger partial charge in [-0.15, -0.1) is 0 Å². The van der Waals surface area contributed by atoms with Crippen molar-refractivity contribution in [1.29, 1.82) is 0 Å². The lowest BCUT2D eigenvalue weighted by atomic mass is 10.2. The molecule has 2 aromatic rings. The largest absolute Gasteiger partial charge is 0.570 e. The van der Waals surface area contributed by atoms with Gasteiger partial charge in [-0.2, -0.15) is 0 Å². The predicted molar refractivity (Wildman–Crippen MR) is 99.7 cm³/mol. The van der Waals surface area contributed by atoms with Crippen molar-refractivity contribution in [1.82, 2.24) is 14.5 Å². The van der Waals surface area contributed by atoms with Crippen molar-refractivity contribution in [3.63, 3.8) is 0 Å². The lowest BCUT2D eigenvalue weighted by Crippen LogP contribution is -2.44. The minimum absolute atomic E-state index is 0.181. The molecule has 8 nitrogen and oxygen atoms in total. The maximum atomic E-state index is 12.7. The molecule has 3 heterocycles. The average molecular weight is 359 g/mol. The maximum Gasteiger partial charge on any atom is 0.570 e. The normalized spacial score (nSPS) is 16.0. The zero-order valence-corrected chi connectivity index (χ0v) is 15.6. The molecule has 0 aromatic carbocycles. The van der Waals surface area contributed by atoms with Crippen molar-refractivity contribution in [2.24, 2.45) is 0 Å². The Balaban J connectivity index is 2.05. The lowest BCUT2D eigenvalue weighted by Gasteiger charge is -2.34. The molecule has 9 heteroatoms. The van der Waals surface area contributed by atoms with Gasteiger partial charge in [-0.05, 0) is 27.8 Å². The van der Waals surface area contributed by atoms with Crippen LogP contribution in [0.2, 0.25) is 0 Å². The Morgan fingerprint density at radius 2 is 1.92 bits per heavy atom. The van der Waals surface area contributed by atoms with Crippen LogP contribution in [0.3, 0.4) is 0 Å². The van der Waals surface area contributed by atoms with Crippen LogP contribution in [-0.4, -0.2) is 72.1 Å². The Labute approximate surface area is 153 Å². The van der Waals surface area contributed by atoms with Crippen molar-refractivity contribution in [2.45, 2.75) is 26.4 Å². The fraction of sp³-hybridized carbons (Fsp3) is 0.529. The highest BCUT2D eigenvalue weighted by molar-refractivity contribution is 6.17. The van der Waals surface area contributed by atoms with E-state index in [9.17, 15) is 4.79 Å². The van der Waals surface area contributed by atoms with E-state index < -0.39 is 11.7 Å². The van der Waals surface area contributed by atoms with E-state index in [1.165, 1.54) is 4.57 Å². The molecule has 0 unspecified atom stereocenters. The molecule has 0 spiro atoms. The smallest absolute Gasteiger partial charge is 0.524 e. The number of pyridine rings is 1. The number of fused-ring (bicyclic) bond motifs is 1. The third-order valence-electron chi connectivity index (χ3n) is 4.27. The van der Waals surface area contributed by atoms with Gasteiger partial charge in [-0.25, -0.2) is 9.36 Å². The van der Waals surface area contributed by atoms with E-state index in [2.05, 4.69) is 21.8 Å². The summed E-state index contributed by atoms with van der Waals surface area (Å²) >= 11 is 0. The van der Waals surface area contributed by atoms with Crippen molar-refractivity contribution in [2.75, 3.05) is 38.1 Å². The first-order valence-corrected chi connectivity index (χ1v) is 8.59. The fourth-order valence-corrected chi connectivity index (χ4v) is 3.02. The second kappa shape index (κ2) is 7.16. The highest BCUT2D eigenvalue weighted by Gasteiger charge is 2.26. The van der Waals surface area contributed by atoms with E-state index in [1.54, 1.807) is 39.2 Å². The zero-order chi connectivity index (χ0) is 18.9. The summed E-state index contributed by atoms with van der Waals surface area (Å²) in [7, 11) is 2.65. The number of anilines is 1. The molecule has 3 rings (SSSR count). The molecule has 26 heavy (non-hydrogen) atoms. The number of carbonyl (C=O) groups is 1. The first kappa shape index (κ1) is 18.5. The standard InChI is InChI=1S/C17H24BN4O4/c1-17(2,3)25-16(23)22-14-11-19-10-13(12(14)9-15(22)26-18-24)21-7-5-20(4)6-8-21/h9-11,24H,5-8H2,1-4H3. The molecule has 0 aliphatic carbocycles.